The maximum absolute atomic E-state index is 3.94. The molecule has 18 rings (SSSR count). The van der Waals surface area contributed by atoms with E-state index in [4.69, 9.17) is 0 Å². The molecular formula is C120H133Br. The summed E-state index contributed by atoms with van der Waals surface area (Å²) in [5, 5.41) is 0. The van der Waals surface area contributed by atoms with Crippen LogP contribution in [0.1, 0.15) is 307 Å². The summed E-state index contributed by atoms with van der Waals surface area (Å²) in [6, 6.07) is 92.2. The Morgan fingerprint density at radius 1 is 0.207 bits per heavy atom. The number of halogens is 1. The predicted octanol–water partition coefficient (Wildman–Crippen LogP) is 35.5. The van der Waals surface area contributed by atoms with Gasteiger partial charge in [0.1, 0.15) is 0 Å². The molecular weight excluding hydrogens is 1520 g/mol. The van der Waals surface area contributed by atoms with Crippen LogP contribution in [0.15, 0.2) is 229 Å². The monoisotopic (exact) mass is 1650 g/mol. The Kier molecular flexibility index (Phi) is 22.0. The first kappa shape index (κ1) is 83.0. The van der Waals surface area contributed by atoms with Crippen molar-refractivity contribution in [2.24, 2.45) is 35.5 Å². The summed E-state index contributed by atoms with van der Waals surface area (Å²) in [5.74, 6) is 3.67. The van der Waals surface area contributed by atoms with Crippen molar-refractivity contribution >= 4 is 15.9 Å². The fourth-order valence-corrected chi connectivity index (χ4v) is 24.4. The van der Waals surface area contributed by atoms with Crippen molar-refractivity contribution in [2.75, 3.05) is 0 Å². The lowest BCUT2D eigenvalue weighted by molar-refractivity contribution is 0.364. The van der Waals surface area contributed by atoms with E-state index in [0.717, 1.165) is 38.5 Å². The largest absolute Gasteiger partial charge is 0.0654 e. The molecule has 6 aliphatic carbocycles. The third-order valence-corrected chi connectivity index (χ3v) is 31.6. The minimum atomic E-state index is -0.192. The van der Waals surface area contributed by atoms with Gasteiger partial charge in [0.25, 0.3) is 0 Å². The van der Waals surface area contributed by atoms with Crippen LogP contribution in [0.5, 0.6) is 0 Å². The van der Waals surface area contributed by atoms with E-state index in [9.17, 15) is 0 Å². The quantitative estimate of drug-likeness (QED) is 0.0438. The lowest BCUT2D eigenvalue weighted by Gasteiger charge is -2.35. The van der Waals surface area contributed by atoms with Crippen LogP contribution in [0, 0.1) is 35.5 Å². The molecule has 121 heavy (non-hydrogen) atoms. The number of hydrogen-bond acceptors (Lipinski definition) is 0. The molecule has 0 saturated carbocycles. The molecule has 12 aromatic rings. The topological polar surface area (TPSA) is 0 Å². The zero-order valence-electron chi connectivity index (χ0n) is 76.4. The molecule has 0 nitrogen and oxygen atoms in total. The summed E-state index contributed by atoms with van der Waals surface area (Å²) in [7, 11) is 0. The summed E-state index contributed by atoms with van der Waals surface area (Å²) in [5.41, 5.74) is 47.6. The average molecular weight is 1660 g/mol. The molecule has 6 aliphatic rings. The van der Waals surface area contributed by atoms with Crippen LogP contribution in [-0.2, 0) is 32.5 Å². The molecule has 0 saturated heterocycles. The summed E-state index contributed by atoms with van der Waals surface area (Å²) >= 11 is 3.94. The predicted molar refractivity (Wildman–Crippen MR) is 525 cm³/mol. The molecule has 0 aliphatic heterocycles. The number of unbranched alkanes of at least 4 members (excludes halogenated alkanes) is 2. The van der Waals surface area contributed by atoms with Gasteiger partial charge in [-0.1, -0.05) is 318 Å². The molecule has 1 heteroatoms. The van der Waals surface area contributed by atoms with Crippen LogP contribution in [0.2, 0.25) is 0 Å². The summed E-state index contributed by atoms with van der Waals surface area (Å²) in [6.07, 6.45) is 21.2. The molecule has 0 heterocycles. The van der Waals surface area contributed by atoms with Gasteiger partial charge in [0.05, 0.1) is 0 Å². The van der Waals surface area contributed by atoms with Gasteiger partial charge in [-0.15, -0.1) is 0 Å². The van der Waals surface area contributed by atoms with E-state index in [0.29, 0.717) is 35.5 Å². The Balaban J connectivity index is 0.663. The second kappa shape index (κ2) is 32.0. The fraction of sp³-hybridized carbons (Fsp3) is 0.400. The highest BCUT2D eigenvalue weighted by Gasteiger charge is 2.49. The molecule has 0 bridgehead atoms. The van der Waals surface area contributed by atoms with Crippen LogP contribution in [0.3, 0.4) is 0 Å². The highest BCUT2D eigenvalue weighted by Crippen LogP contribution is 2.63. The molecule has 2 unspecified atom stereocenters. The first-order chi connectivity index (χ1) is 58.1. The second-order valence-corrected chi connectivity index (χ2v) is 43.1. The van der Waals surface area contributed by atoms with E-state index in [1.807, 2.05) is 0 Å². The number of fused-ring (bicyclic) bond motifs is 18. The van der Waals surface area contributed by atoms with Gasteiger partial charge >= 0.3 is 0 Å². The van der Waals surface area contributed by atoms with Gasteiger partial charge in [-0.2, -0.15) is 0 Å². The van der Waals surface area contributed by atoms with E-state index < -0.39 is 0 Å². The van der Waals surface area contributed by atoms with E-state index in [1.54, 1.807) is 11.1 Å². The van der Waals surface area contributed by atoms with Crippen molar-refractivity contribution < 1.29 is 0 Å². The summed E-state index contributed by atoms with van der Waals surface area (Å²) in [4.78, 5) is 0. The molecule has 12 aromatic carbocycles. The van der Waals surface area contributed by atoms with Crippen molar-refractivity contribution in [1.29, 1.82) is 0 Å². The van der Waals surface area contributed by atoms with Gasteiger partial charge in [0.2, 0.25) is 0 Å². The summed E-state index contributed by atoms with van der Waals surface area (Å²) < 4.78 is 1.18. The van der Waals surface area contributed by atoms with Gasteiger partial charge in [-0.3, -0.25) is 0 Å². The minimum Gasteiger partial charge on any atom is -0.0654 e. The number of hydrogen-bond donors (Lipinski definition) is 0. The Labute approximate surface area is 736 Å². The number of rotatable bonds is 29. The van der Waals surface area contributed by atoms with Crippen LogP contribution >= 0.6 is 15.9 Å². The summed E-state index contributed by atoms with van der Waals surface area (Å²) in [6.45, 7) is 43.8. The minimum absolute atomic E-state index is 0.0179. The Hall–Kier alpha value is -8.88. The average Bonchev–Trinajstić information content (AvgIpc) is 1.53. The Bertz CT molecular complexity index is 5980. The first-order valence-electron chi connectivity index (χ1n) is 47.5. The fourth-order valence-electron chi connectivity index (χ4n) is 24.0. The van der Waals surface area contributed by atoms with Crippen LogP contribution < -0.4 is 0 Å². The van der Waals surface area contributed by atoms with E-state index in [-0.39, 0.29) is 32.5 Å². The van der Waals surface area contributed by atoms with Crippen LogP contribution in [0.25, 0.3) is 122 Å². The highest BCUT2D eigenvalue weighted by atomic mass is 79.9. The Morgan fingerprint density at radius 3 is 0.620 bits per heavy atom. The first-order valence-corrected chi connectivity index (χ1v) is 48.3. The van der Waals surface area contributed by atoms with Crippen molar-refractivity contribution in [3.63, 3.8) is 0 Å². The maximum atomic E-state index is 3.94. The SMILES string of the molecule is CCCCC1(CCC(C)C)c2ccccc2-c2ccc(-c3ccc4c(c3)C(C)(C)c3cc(-c5ccc6c(c5)C(CCC(C)C)(CCC(C)C)c5cc(-c7ccc8c(c7)C(CCCC)(CCC(C)C)c7cc(-c9ccc%10c(c9)C(C)(C)c9cc(-c%11ccc%12c(c%11)C(CCC(C)C)(CCC(C)C)c%11cc(Br)ccc%11-%12)ccc9-%10)ccc7-8)ccc5-6)ccc3-4)cc21. The van der Waals surface area contributed by atoms with Crippen molar-refractivity contribution in [1.82, 2.24) is 0 Å². The molecule has 0 aromatic heterocycles. The van der Waals surface area contributed by atoms with Crippen molar-refractivity contribution in [3.05, 3.63) is 296 Å². The lowest BCUT2D eigenvalue weighted by atomic mass is 9.68. The normalized spacial score (nSPS) is 17.6. The third-order valence-electron chi connectivity index (χ3n) is 31.1. The standard InChI is InChI=1S/C120H133Br/c1-19-21-55-117(57-49-74(3)4)103-26-24-23-25-91(103)96-42-31-84(67-108(96)117)80-27-38-92-94-40-29-82(65-106(94)115(15,16)104(92)63-80)86-33-45-99-100-46-36-89(72-112(100)119(111(99)70-86,59-51-76(7)8)60-52-77(9)10)88-35-44-98-97-43-32-85(68-109(97)118(56-22-20-2,110(98)69-88)58-50-75(5)6)81-28-39-93-95-41-30-83(66-107(95)116(17,18)105(93)64-81)87-34-47-101-102-48-37-90(121)73-114(102)120(113(101)71-87,61-53-78(11)12)62-54-79(13)14/h23-48,63-79H,19-22,49-62H2,1-18H3. The maximum Gasteiger partial charge on any atom is 0.0216 e. The molecule has 0 spiro atoms. The van der Waals surface area contributed by atoms with E-state index in [2.05, 4.69) is 365 Å². The van der Waals surface area contributed by atoms with Gasteiger partial charge in [0.15, 0.2) is 0 Å². The molecule has 2 atom stereocenters. The van der Waals surface area contributed by atoms with Crippen LogP contribution in [-0.4, -0.2) is 0 Å². The highest BCUT2D eigenvalue weighted by molar-refractivity contribution is 9.10. The zero-order valence-corrected chi connectivity index (χ0v) is 78.0. The molecule has 0 radical (unpaired) electrons. The Morgan fingerprint density at radius 2 is 0.388 bits per heavy atom. The zero-order chi connectivity index (χ0) is 84.6. The smallest absolute Gasteiger partial charge is 0.0216 e. The van der Waals surface area contributed by atoms with Crippen molar-refractivity contribution in [3.8, 4) is 122 Å². The number of benzene rings is 12. The third kappa shape index (κ3) is 14.0. The molecule has 0 N–H and O–H groups in total. The van der Waals surface area contributed by atoms with Gasteiger partial charge in [-0.05, 0) is 387 Å². The van der Waals surface area contributed by atoms with Gasteiger partial charge in [-0.25, -0.2) is 0 Å². The van der Waals surface area contributed by atoms with Crippen LogP contribution in [0.4, 0.5) is 0 Å². The van der Waals surface area contributed by atoms with Gasteiger partial charge in [0, 0.05) is 37.0 Å². The second-order valence-electron chi connectivity index (χ2n) is 42.2. The van der Waals surface area contributed by atoms with E-state index >= 15 is 0 Å². The van der Waals surface area contributed by atoms with Gasteiger partial charge < -0.3 is 0 Å². The van der Waals surface area contributed by atoms with Crippen molar-refractivity contribution in [2.45, 2.75) is 273 Å². The molecule has 620 valence electrons. The molecule has 0 amide bonds. The lowest BCUT2D eigenvalue weighted by Crippen LogP contribution is -2.27. The van der Waals surface area contributed by atoms with E-state index in [1.165, 1.54) is 260 Å². The molecule has 0 fully saturated rings.